The summed E-state index contributed by atoms with van der Waals surface area (Å²) in [6, 6.07) is 0. The fourth-order valence-corrected chi connectivity index (χ4v) is 1.44. The van der Waals surface area contributed by atoms with Crippen LogP contribution in [0.25, 0.3) is 0 Å². The lowest BCUT2D eigenvalue weighted by Crippen LogP contribution is -2.21. The van der Waals surface area contributed by atoms with E-state index in [9.17, 15) is 9.59 Å². The number of unbranched alkanes of at least 4 members (excludes halogenated alkanes) is 2. The number of rotatable bonds is 11. The number of hydrogen-bond acceptors (Lipinski definition) is 5. The van der Waals surface area contributed by atoms with Crippen LogP contribution >= 0.6 is 0 Å². The maximum absolute atomic E-state index is 11.4. The molecule has 0 aliphatic rings. The molecule has 0 amide bonds. The Morgan fingerprint density at radius 2 is 1.78 bits per heavy atom. The fourth-order valence-electron chi connectivity index (χ4n) is 1.44. The average molecular weight is 260 g/mol. The number of aliphatic hydroxyl groups excluding tert-OH is 2. The van der Waals surface area contributed by atoms with Gasteiger partial charge in [0.15, 0.2) is 0 Å². The van der Waals surface area contributed by atoms with Gasteiger partial charge in [-0.15, -0.1) is 0 Å². The molecule has 0 saturated carbocycles. The van der Waals surface area contributed by atoms with Crippen molar-refractivity contribution >= 4 is 11.8 Å². The lowest BCUT2D eigenvalue weighted by Gasteiger charge is -2.08. The van der Waals surface area contributed by atoms with Crippen LogP contribution in [0.1, 0.15) is 51.9 Å². The third kappa shape index (κ3) is 10.2. The topological polar surface area (TPSA) is 83.8 Å². The molecule has 1 unspecified atom stereocenters. The van der Waals surface area contributed by atoms with Crippen molar-refractivity contribution in [1.82, 2.24) is 0 Å². The lowest BCUT2D eigenvalue weighted by molar-refractivity contribution is -0.147. The van der Waals surface area contributed by atoms with Crippen LogP contribution in [-0.2, 0) is 14.3 Å². The van der Waals surface area contributed by atoms with Crippen molar-refractivity contribution in [3.63, 3.8) is 0 Å². The van der Waals surface area contributed by atoms with Gasteiger partial charge in [-0.2, -0.15) is 0 Å². The molecule has 0 aromatic rings. The van der Waals surface area contributed by atoms with Crippen LogP contribution in [0, 0.1) is 0 Å². The molecule has 0 radical (unpaired) electrons. The molecule has 5 heteroatoms. The van der Waals surface area contributed by atoms with Gasteiger partial charge in [-0.25, -0.2) is 0 Å². The summed E-state index contributed by atoms with van der Waals surface area (Å²) in [6.07, 6.45) is 3.70. The van der Waals surface area contributed by atoms with Crippen molar-refractivity contribution < 1.29 is 24.5 Å². The number of hydrogen-bond donors (Lipinski definition) is 2. The zero-order valence-electron chi connectivity index (χ0n) is 11.1. The standard InChI is InChI=1S/C13H24O5/c1-2-3-4-6-11(15)7-5-8-13(17)18-10-12(16)9-14/h12,14,16H,2-10H2,1H3. The molecule has 1 atom stereocenters. The molecule has 18 heavy (non-hydrogen) atoms. The summed E-state index contributed by atoms with van der Waals surface area (Å²) in [5.41, 5.74) is 0. The van der Waals surface area contributed by atoms with Crippen molar-refractivity contribution in [2.45, 2.75) is 58.0 Å². The van der Waals surface area contributed by atoms with Gasteiger partial charge in [0.1, 0.15) is 18.5 Å². The smallest absolute Gasteiger partial charge is 0.305 e. The predicted molar refractivity (Wildman–Crippen MR) is 67.1 cm³/mol. The summed E-state index contributed by atoms with van der Waals surface area (Å²) < 4.78 is 4.71. The second-order valence-corrected chi connectivity index (χ2v) is 4.37. The average Bonchev–Trinajstić information content (AvgIpc) is 2.36. The molecule has 0 bridgehead atoms. The van der Waals surface area contributed by atoms with E-state index in [2.05, 4.69) is 6.92 Å². The van der Waals surface area contributed by atoms with Gasteiger partial charge < -0.3 is 14.9 Å². The molecule has 0 aliphatic carbocycles. The Bertz CT molecular complexity index is 240. The van der Waals surface area contributed by atoms with E-state index < -0.39 is 18.7 Å². The second-order valence-electron chi connectivity index (χ2n) is 4.37. The number of carbonyl (C=O) groups excluding carboxylic acids is 2. The molecule has 0 aromatic carbocycles. The third-order valence-electron chi connectivity index (χ3n) is 2.54. The molecule has 0 heterocycles. The Labute approximate surface area is 108 Å². The Kier molecular flexibility index (Phi) is 10.6. The van der Waals surface area contributed by atoms with Crippen LogP contribution < -0.4 is 0 Å². The first-order chi connectivity index (χ1) is 8.60. The minimum absolute atomic E-state index is 0.178. The summed E-state index contributed by atoms with van der Waals surface area (Å²) in [6.45, 7) is 1.46. The molecular weight excluding hydrogens is 236 g/mol. The molecule has 0 fully saturated rings. The van der Waals surface area contributed by atoms with Crippen LogP contribution in [0.2, 0.25) is 0 Å². The maximum Gasteiger partial charge on any atom is 0.305 e. The Morgan fingerprint density at radius 1 is 1.11 bits per heavy atom. The number of Topliss-reactive ketones (excluding diaryl/α,β-unsaturated/α-hetero) is 1. The molecule has 0 aromatic heterocycles. The lowest BCUT2D eigenvalue weighted by atomic mass is 10.1. The van der Waals surface area contributed by atoms with Crippen LogP contribution in [0.4, 0.5) is 0 Å². The number of esters is 1. The minimum atomic E-state index is -1.02. The van der Waals surface area contributed by atoms with E-state index in [1.54, 1.807) is 0 Å². The highest BCUT2D eigenvalue weighted by atomic mass is 16.5. The zero-order chi connectivity index (χ0) is 13.8. The van der Waals surface area contributed by atoms with Crippen molar-refractivity contribution in [1.29, 1.82) is 0 Å². The third-order valence-corrected chi connectivity index (χ3v) is 2.54. The number of carbonyl (C=O) groups is 2. The van der Waals surface area contributed by atoms with Gasteiger partial charge >= 0.3 is 5.97 Å². The van der Waals surface area contributed by atoms with Gasteiger partial charge in [-0.1, -0.05) is 19.8 Å². The summed E-state index contributed by atoms with van der Waals surface area (Å²) >= 11 is 0. The van der Waals surface area contributed by atoms with Gasteiger partial charge in [0.2, 0.25) is 0 Å². The van der Waals surface area contributed by atoms with Gasteiger partial charge in [0.25, 0.3) is 0 Å². The van der Waals surface area contributed by atoms with Gasteiger partial charge in [0.05, 0.1) is 6.61 Å². The summed E-state index contributed by atoms with van der Waals surface area (Å²) in [7, 11) is 0. The summed E-state index contributed by atoms with van der Waals surface area (Å²) in [5, 5.41) is 17.5. The highest BCUT2D eigenvalue weighted by molar-refractivity contribution is 5.79. The van der Waals surface area contributed by atoms with E-state index >= 15 is 0 Å². The van der Waals surface area contributed by atoms with E-state index in [4.69, 9.17) is 14.9 Å². The Balaban J connectivity index is 3.47. The van der Waals surface area contributed by atoms with Crippen molar-refractivity contribution in [2.24, 2.45) is 0 Å². The van der Waals surface area contributed by atoms with E-state index in [1.807, 2.05) is 0 Å². The maximum atomic E-state index is 11.4. The van der Waals surface area contributed by atoms with Gasteiger partial charge in [-0.3, -0.25) is 9.59 Å². The summed E-state index contributed by atoms with van der Waals surface area (Å²) in [4.78, 5) is 22.6. The van der Waals surface area contributed by atoms with Crippen LogP contribution in [0.15, 0.2) is 0 Å². The van der Waals surface area contributed by atoms with Crippen LogP contribution in [-0.4, -0.2) is 41.3 Å². The zero-order valence-corrected chi connectivity index (χ0v) is 11.1. The van der Waals surface area contributed by atoms with Crippen molar-refractivity contribution in [3.8, 4) is 0 Å². The van der Waals surface area contributed by atoms with Crippen LogP contribution in [0.5, 0.6) is 0 Å². The number of aliphatic hydroxyl groups is 2. The Hall–Kier alpha value is -0.940. The van der Waals surface area contributed by atoms with Gasteiger partial charge in [-0.05, 0) is 12.8 Å². The largest absolute Gasteiger partial charge is 0.463 e. The van der Waals surface area contributed by atoms with E-state index in [-0.39, 0.29) is 18.8 Å². The Morgan fingerprint density at radius 3 is 2.39 bits per heavy atom. The monoisotopic (exact) mass is 260 g/mol. The fraction of sp³-hybridized carbons (Fsp3) is 0.846. The normalized spacial score (nSPS) is 12.2. The first kappa shape index (κ1) is 17.1. The molecular formula is C13H24O5. The highest BCUT2D eigenvalue weighted by Gasteiger charge is 2.09. The first-order valence-corrected chi connectivity index (χ1v) is 6.56. The highest BCUT2D eigenvalue weighted by Crippen LogP contribution is 2.06. The molecule has 0 spiro atoms. The SMILES string of the molecule is CCCCCC(=O)CCCC(=O)OCC(O)CO. The molecule has 5 nitrogen and oxygen atoms in total. The van der Waals surface area contributed by atoms with Crippen LogP contribution in [0.3, 0.4) is 0 Å². The van der Waals surface area contributed by atoms with E-state index in [1.165, 1.54) is 0 Å². The quantitative estimate of drug-likeness (QED) is 0.431. The first-order valence-electron chi connectivity index (χ1n) is 6.56. The number of ether oxygens (including phenoxy) is 1. The predicted octanol–water partition coefficient (Wildman–Crippen LogP) is 1.20. The van der Waals surface area contributed by atoms with E-state index in [0.29, 0.717) is 19.3 Å². The van der Waals surface area contributed by atoms with Crippen molar-refractivity contribution in [2.75, 3.05) is 13.2 Å². The molecule has 106 valence electrons. The molecule has 2 N–H and O–H groups in total. The summed E-state index contributed by atoms with van der Waals surface area (Å²) in [5.74, 6) is -0.254. The molecule has 0 aliphatic heterocycles. The van der Waals surface area contributed by atoms with E-state index in [0.717, 1.165) is 19.3 Å². The van der Waals surface area contributed by atoms with Crippen molar-refractivity contribution in [3.05, 3.63) is 0 Å². The number of ketones is 1. The van der Waals surface area contributed by atoms with Gasteiger partial charge in [0, 0.05) is 19.3 Å². The second kappa shape index (κ2) is 11.2. The molecule has 0 rings (SSSR count). The molecule has 0 saturated heterocycles. The minimum Gasteiger partial charge on any atom is -0.463 e.